The summed E-state index contributed by atoms with van der Waals surface area (Å²) in [7, 11) is -3.53. The van der Waals surface area contributed by atoms with E-state index >= 15 is 0 Å². The van der Waals surface area contributed by atoms with Crippen LogP contribution in [0.5, 0.6) is 0 Å². The van der Waals surface area contributed by atoms with Gasteiger partial charge >= 0.3 is 16.2 Å². The number of rotatable bonds is 1. The molecule has 114 valence electrons. The first kappa shape index (κ1) is 16.6. The molecule has 1 heterocycles. The highest BCUT2D eigenvalue weighted by atomic mass is 32.2. The van der Waals surface area contributed by atoms with Crippen LogP contribution >= 0.6 is 0 Å². The van der Waals surface area contributed by atoms with Crippen LogP contribution in [0.4, 0.5) is 4.79 Å². The molecule has 1 fully saturated rings. The van der Waals surface area contributed by atoms with Gasteiger partial charge in [0.2, 0.25) is 0 Å². The van der Waals surface area contributed by atoms with E-state index in [4.69, 9.17) is 4.74 Å². The SMILES string of the molecule is CC(C)(C)OC(=O)N1CCC(C#COS(C)(=O)=O)CC1. The van der Waals surface area contributed by atoms with Crippen molar-refractivity contribution < 1.29 is 22.1 Å². The maximum atomic E-state index is 11.8. The van der Waals surface area contributed by atoms with Crippen LogP contribution in [0, 0.1) is 17.9 Å². The van der Waals surface area contributed by atoms with E-state index < -0.39 is 15.7 Å². The largest absolute Gasteiger partial charge is 0.444 e. The molecule has 1 amide bonds. The second-order valence-electron chi connectivity index (χ2n) is 5.78. The van der Waals surface area contributed by atoms with Crippen molar-refractivity contribution in [3.05, 3.63) is 0 Å². The predicted octanol–water partition coefficient (Wildman–Crippen LogP) is 1.57. The summed E-state index contributed by atoms with van der Waals surface area (Å²) in [5.74, 6) is 2.79. The number of nitrogens with zero attached hydrogens (tertiary/aromatic N) is 1. The van der Waals surface area contributed by atoms with Gasteiger partial charge in [-0.1, -0.05) is 5.92 Å². The summed E-state index contributed by atoms with van der Waals surface area (Å²) < 4.78 is 31.2. The van der Waals surface area contributed by atoms with Gasteiger partial charge in [-0.25, -0.2) is 4.79 Å². The topological polar surface area (TPSA) is 72.9 Å². The van der Waals surface area contributed by atoms with Crippen molar-refractivity contribution in [2.24, 2.45) is 5.92 Å². The lowest BCUT2D eigenvalue weighted by molar-refractivity contribution is 0.0199. The second kappa shape index (κ2) is 6.35. The zero-order valence-corrected chi connectivity index (χ0v) is 13.1. The smallest absolute Gasteiger partial charge is 0.410 e. The molecule has 1 rings (SSSR count). The fourth-order valence-electron chi connectivity index (χ4n) is 1.72. The molecule has 7 heteroatoms. The van der Waals surface area contributed by atoms with Crippen LogP contribution in [0.25, 0.3) is 0 Å². The van der Waals surface area contributed by atoms with E-state index in [1.54, 1.807) is 4.90 Å². The Morgan fingerprint density at radius 2 is 1.80 bits per heavy atom. The van der Waals surface area contributed by atoms with Crippen molar-refractivity contribution in [2.45, 2.75) is 39.2 Å². The third-order valence-corrected chi connectivity index (χ3v) is 2.99. The summed E-state index contributed by atoms with van der Waals surface area (Å²) >= 11 is 0. The van der Waals surface area contributed by atoms with Gasteiger partial charge in [-0.2, -0.15) is 8.42 Å². The van der Waals surface area contributed by atoms with Crippen LogP contribution in [-0.2, 0) is 19.0 Å². The van der Waals surface area contributed by atoms with Crippen molar-refractivity contribution in [1.29, 1.82) is 0 Å². The van der Waals surface area contributed by atoms with Crippen molar-refractivity contribution in [3.63, 3.8) is 0 Å². The Hall–Kier alpha value is -1.42. The maximum absolute atomic E-state index is 11.8. The summed E-state index contributed by atoms with van der Waals surface area (Å²) in [6.45, 7) is 6.57. The Labute approximate surface area is 120 Å². The molecule has 6 nitrogen and oxygen atoms in total. The third kappa shape index (κ3) is 6.66. The summed E-state index contributed by atoms with van der Waals surface area (Å²) in [4.78, 5) is 13.5. The molecule has 0 unspecified atom stereocenters. The van der Waals surface area contributed by atoms with E-state index in [2.05, 4.69) is 16.2 Å². The van der Waals surface area contributed by atoms with E-state index in [1.165, 1.54) is 0 Å². The standard InChI is InChI=1S/C13H21NO5S/c1-13(2,3)19-12(15)14-8-5-11(6-9-14)7-10-18-20(4,16)17/h11H,5-6,8-9H2,1-4H3. The molecule has 20 heavy (non-hydrogen) atoms. The summed E-state index contributed by atoms with van der Waals surface area (Å²) in [5.41, 5.74) is -0.503. The van der Waals surface area contributed by atoms with Crippen molar-refractivity contribution in [3.8, 4) is 12.0 Å². The number of amides is 1. The average Bonchev–Trinajstić information content (AvgIpc) is 2.25. The Morgan fingerprint density at radius 3 is 2.25 bits per heavy atom. The molecule has 1 saturated heterocycles. The van der Waals surface area contributed by atoms with Gasteiger partial charge in [0.1, 0.15) is 11.7 Å². The van der Waals surface area contributed by atoms with Gasteiger partial charge in [0.15, 0.2) is 0 Å². The quantitative estimate of drug-likeness (QED) is 0.543. The van der Waals surface area contributed by atoms with E-state index in [0.717, 1.165) is 6.26 Å². The Kier molecular flexibility index (Phi) is 5.28. The van der Waals surface area contributed by atoms with Gasteiger partial charge in [0.05, 0.1) is 6.26 Å². The molecule has 1 aliphatic heterocycles. The van der Waals surface area contributed by atoms with Crippen LogP contribution in [0.15, 0.2) is 0 Å². The molecular weight excluding hydrogens is 282 g/mol. The third-order valence-electron chi connectivity index (χ3n) is 2.60. The number of hydrogen-bond acceptors (Lipinski definition) is 5. The van der Waals surface area contributed by atoms with Gasteiger partial charge in [-0.3, -0.25) is 0 Å². The van der Waals surface area contributed by atoms with E-state index in [-0.39, 0.29) is 12.0 Å². The minimum Gasteiger partial charge on any atom is -0.444 e. The van der Waals surface area contributed by atoms with Crippen molar-refractivity contribution >= 4 is 16.2 Å². The molecule has 0 aromatic rings. The first-order chi connectivity index (χ1) is 9.07. The van der Waals surface area contributed by atoms with Crippen molar-refractivity contribution in [2.75, 3.05) is 19.3 Å². The number of hydrogen-bond donors (Lipinski definition) is 0. The Morgan fingerprint density at radius 1 is 1.25 bits per heavy atom. The van der Waals surface area contributed by atoms with Gasteiger partial charge in [-0.15, -0.1) is 0 Å². The molecule has 0 atom stereocenters. The molecule has 0 saturated carbocycles. The lowest BCUT2D eigenvalue weighted by Crippen LogP contribution is -2.41. The van der Waals surface area contributed by atoms with Gasteiger partial charge in [0.25, 0.3) is 0 Å². The first-order valence-electron chi connectivity index (χ1n) is 6.44. The van der Waals surface area contributed by atoms with Gasteiger partial charge in [0, 0.05) is 19.0 Å². The minimum absolute atomic E-state index is 0.0374. The van der Waals surface area contributed by atoms with Crippen LogP contribution in [0.1, 0.15) is 33.6 Å². The van der Waals surface area contributed by atoms with Crippen molar-refractivity contribution in [1.82, 2.24) is 4.90 Å². The Bertz CT molecular complexity index is 501. The summed E-state index contributed by atoms with van der Waals surface area (Å²) in [6, 6.07) is 0. The number of ether oxygens (including phenoxy) is 1. The molecule has 0 aliphatic carbocycles. The van der Waals surface area contributed by atoms with Crippen LogP contribution in [-0.4, -0.2) is 44.4 Å². The van der Waals surface area contributed by atoms with E-state index in [0.29, 0.717) is 25.9 Å². The summed E-state index contributed by atoms with van der Waals surface area (Å²) in [6.07, 6.45) is 4.19. The molecule has 0 bridgehead atoms. The van der Waals surface area contributed by atoms with E-state index in [1.807, 2.05) is 20.8 Å². The van der Waals surface area contributed by atoms with Gasteiger partial charge in [-0.05, 0) is 33.6 Å². The lowest BCUT2D eigenvalue weighted by atomic mass is 9.98. The minimum atomic E-state index is -3.53. The van der Waals surface area contributed by atoms with Crippen LogP contribution in [0.3, 0.4) is 0 Å². The lowest BCUT2D eigenvalue weighted by Gasteiger charge is -2.31. The summed E-state index contributed by atoms with van der Waals surface area (Å²) in [5, 5.41) is 0. The number of piperidine rings is 1. The molecule has 0 spiro atoms. The van der Waals surface area contributed by atoms with E-state index in [9.17, 15) is 13.2 Å². The average molecular weight is 303 g/mol. The maximum Gasteiger partial charge on any atom is 0.410 e. The highest BCUT2D eigenvalue weighted by Crippen LogP contribution is 2.19. The number of carbonyl (C=O) groups excluding carboxylic acids is 1. The zero-order chi connectivity index (χ0) is 15.4. The molecular formula is C13H21NO5S. The molecule has 0 aromatic heterocycles. The fraction of sp³-hybridized carbons (Fsp3) is 0.769. The van der Waals surface area contributed by atoms with Crippen LogP contribution in [0.2, 0.25) is 0 Å². The highest BCUT2D eigenvalue weighted by Gasteiger charge is 2.26. The molecule has 0 N–H and O–H groups in total. The first-order valence-corrected chi connectivity index (χ1v) is 8.25. The monoisotopic (exact) mass is 303 g/mol. The van der Waals surface area contributed by atoms with Gasteiger partial charge < -0.3 is 13.8 Å². The fourth-order valence-corrected chi connectivity index (χ4v) is 1.92. The molecule has 0 radical (unpaired) electrons. The number of likely N-dealkylation sites (tertiary alicyclic amines) is 1. The molecule has 0 aromatic carbocycles. The Balaban J connectivity index is 2.42. The molecule has 1 aliphatic rings. The number of carbonyl (C=O) groups is 1. The second-order valence-corrected chi connectivity index (χ2v) is 7.35. The highest BCUT2D eigenvalue weighted by molar-refractivity contribution is 7.86. The zero-order valence-electron chi connectivity index (χ0n) is 12.3. The van der Waals surface area contributed by atoms with Crippen LogP contribution < -0.4 is 0 Å². The normalized spacial score (nSPS) is 17.1. The predicted molar refractivity (Wildman–Crippen MR) is 74.2 cm³/mol.